The number of allylic oxidation sites excluding steroid dienone is 2. The lowest BCUT2D eigenvalue weighted by molar-refractivity contribution is 0.494. The molecular weight excluding hydrogens is 334 g/mol. The van der Waals surface area contributed by atoms with Crippen molar-refractivity contribution in [3.8, 4) is 0 Å². The van der Waals surface area contributed by atoms with E-state index in [1.165, 1.54) is 9.13 Å². The number of furan rings is 1. The van der Waals surface area contributed by atoms with Crippen molar-refractivity contribution in [1.29, 1.82) is 0 Å². The molecule has 0 atom stereocenters. The summed E-state index contributed by atoms with van der Waals surface area (Å²) in [5, 5.41) is 0. The highest BCUT2D eigenvalue weighted by Crippen LogP contribution is 2.18. The zero-order valence-electron chi connectivity index (χ0n) is 14.8. The van der Waals surface area contributed by atoms with Crippen LogP contribution in [0.2, 0.25) is 0 Å². The molecule has 0 aromatic carbocycles. The number of imidazole rings is 2. The Morgan fingerprint density at radius 1 is 1.27 bits per heavy atom. The summed E-state index contributed by atoms with van der Waals surface area (Å²) in [6, 6.07) is 3.72. The molecule has 0 saturated carbocycles. The fourth-order valence-electron chi connectivity index (χ4n) is 3.18. The second-order valence-electron chi connectivity index (χ2n) is 6.22. The van der Waals surface area contributed by atoms with Gasteiger partial charge in [-0.1, -0.05) is 12.2 Å². The number of aryl methyl sites for hydroxylation is 2. The molecule has 26 heavy (non-hydrogen) atoms. The van der Waals surface area contributed by atoms with Crippen LogP contribution in [0.3, 0.4) is 0 Å². The van der Waals surface area contributed by atoms with Gasteiger partial charge in [0.2, 0.25) is 5.78 Å². The Hall–Kier alpha value is -3.29. The molecule has 4 rings (SSSR count). The highest BCUT2D eigenvalue weighted by molar-refractivity contribution is 5.75. The average Bonchev–Trinajstić information content (AvgIpc) is 3.31. The fourth-order valence-corrected chi connectivity index (χ4v) is 3.18. The van der Waals surface area contributed by atoms with Crippen LogP contribution in [-0.4, -0.2) is 23.1 Å². The normalized spacial score (nSPS) is 12.1. The summed E-state index contributed by atoms with van der Waals surface area (Å²) in [7, 11) is 1.63. The lowest BCUT2D eigenvalue weighted by Crippen LogP contribution is -2.39. The lowest BCUT2D eigenvalue weighted by Gasteiger charge is -2.05. The maximum absolute atomic E-state index is 12.9. The third-order valence-corrected chi connectivity index (χ3v) is 4.56. The highest BCUT2D eigenvalue weighted by Gasteiger charge is 2.20. The molecule has 0 radical (unpaired) electrons. The molecule has 0 amide bonds. The minimum atomic E-state index is -0.379. The molecule has 0 aliphatic rings. The maximum atomic E-state index is 12.9. The Balaban J connectivity index is 2.03. The van der Waals surface area contributed by atoms with Crippen LogP contribution in [0, 0.1) is 6.92 Å². The van der Waals surface area contributed by atoms with Crippen LogP contribution < -0.4 is 11.2 Å². The highest BCUT2D eigenvalue weighted by atomic mass is 16.3. The number of hydrogen-bond donors (Lipinski definition) is 0. The quantitative estimate of drug-likeness (QED) is 0.523. The van der Waals surface area contributed by atoms with Gasteiger partial charge in [0, 0.05) is 25.5 Å². The maximum Gasteiger partial charge on any atom is 0.332 e. The summed E-state index contributed by atoms with van der Waals surface area (Å²) in [5.41, 5.74) is 0.992. The van der Waals surface area contributed by atoms with Crippen molar-refractivity contribution in [1.82, 2.24) is 23.1 Å². The Morgan fingerprint density at radius 3 is 2.77 bits per heavy atom. The first kappa shape index (κ1) is 16.2. The zero-order valence-corrected chi connectivity index (χ0v) is 14.8. The minimum absolute atomic E-state index is 0.233. The Labute approximate surface area is 148 Å². The largest absolute Gasteiger partial charge is 0.467 e. The van der Waals surface area contributed by atoms with E-state index in [0.717, 1.165) is 11.5 Å². The van der Waals surface area contributed by atoms with Gasteiger partial charge in [0.05, 0.1) is 12.8 Å². The third-order valence-electron chi connectivity index (χ3n) is 4.56. The van der Waals surface area contributed by atoms with E-state index in [9.17, 15) is 9.59 Å². The SMILES string of the molecule is CC=CCn1c(=O)c2c(nc3n(Cc4ccco4)c(C)cn23)n(C)c1=O. The zero-order chi connectivity index (χ0) is 18.4. The summed E-state index contributed by atoms with van der Waals surface area (Å²) >= 11 is 0. The predicted octanol–water partition coefficient (Wildman–Crippen LogP) is 1.68. The van der Waals surface area contributed by atoms with Gasteiger partial charge in [-0.3, -0.25) is 18.3 Å². The van der Waals surface area contributed by atoms with Gasteiger partial charge in [-0.25, -0.2) is 4.79 Å². The molecule has 8 nitrogen and oxygen atoms in total. The monoisotopic (exact) mass is 353 g/mol. The molecule has 0 spiro atoms. The number of nitrogens with zero attached hydrogens (tertiary/aromatic N) is 5. The van der Waals surface area contributed by atoms with E-state index in [1.54, 1.807) is 23.8 Å². The first-order valence-electron chi connectivity index (χ1n) is 8.34. The Morgan fingerprint density at radius 2 is 2.08 bits per heavy atom. The van der Waals surface area contributed by atoms with Crippen LogP contribution in [-0.2, 0) is 20.1 Å². The molecular formula is C18H19N5O3. The van der Waals surface area contributed by atoms with Gasteiger partial charge >= 0.3 is 5.69 Å². The third kappa shape index (κ3) is 2.26. The van der Waals surface area contributed by atoms with Crippen molar-refractivity contribution < 1.29 is 4.42 Å². The van der Waals surface area contributed by atoms with Gasteiger partial charge in [0.25, 0.3) is 5.56 Å². The molecule has 4 aromatic rings. The van der Waals surface area contributed by atoms with Gasteiger partial charge in [-0.2, -0.15) is 4.98 Å². The van der Waals surface area contributed by atoms with Crippen LogP contribution in [0.4, 0.5) is 0 Å². The van der Waals surface area contributed by atoms with Gasteiger partial charge in [0.1, 0.15) is 5.76 Å². The second kappa shape index (κ2) is 5.91. The molecule has 4 aromatic heterocycles. The number of hydrogen-bond acceptors (Lipinski definition) is 4. The standard InChI is InChI=1S/C18H19N5O3/c1-4-5-8-21-16(24)14-15(20(3)18(21)25)19-17-22(12(2)10-23(14)17)11-13-7-6-9-26-13/h4-7,9-10H,8,11H2,1-3H3. The molecule has 0 aliphatic heterocycles. The minimum Gasteiger partial charge on any atom is -0.467 e. The molecule has 0 saturated heterocycles. The van der Waals surface area contributed by atoms with Crippen molar-refractivity contribution in [3.63, 3.8) is 0 Å². The molecule has 0 N–H and O–H groups in total. The summed E-state index contributed by atoms with van der Waals surface area (Å²) in [4.78, 5) is 30.1. The fraction of sp³-hybridized carbons (Fsp3) is 0.278. The van der Waals surface area contributed by atoms with Crippen molar-refractivity contribution in [2.45, 2.75) is 26.9 Å². The van der Waals surface area contributed by atoms with E-state index in [2.05, 4.69) is 4.98 Å². The van der Waals surface area contributed by atoms with E-state index in [4.69, 9.17) is 4.42 Å². The van der Waals surface area contributed by atoms with Gasteiger partial charge in [0.15, 0.2) is 11.2 Å². The van der Waals surface area contributed by atoms with E-state index in [-0.39, 0.29) is 17.8 Å². The van der Waals surface area contributed by atoms with Gasteiger partial charge in [-0.05, 0) is 26.0 Å². The van der Waals surface area contributed by atoms with E-state index >= 15 is 0 Å². The predicted molar refractivity (Wildman–Crippen MR) is 97.6 cm³/mol. The lowest BCUT2D eigenvalue weighted by atomic mass is 10.4. The number of fused-ring (bicyclic) bond motifs is 3. The second-order valence-corrected chi connectivity index (χ2v) is 6.22. The van der Waals surface area contributed by atoms with E-state index in [0.29, 0.717) is 23.5 Å². The first-order valence-corrected chi connectivity index (χ1v) is 8.34. The molecule has 4 heterocycles. The van der Waals surface area contributed by atoms with Crippen molar-refractivity contribution >= 4 is 16.9 Å². The Kier molecular flexibility index (Phi) is 3.68. The van der Waals surface area contributed by atoms with Gasteiger partial charge < -0.3 is 8.98 Å². The summed E-state index contributed by atoms with van der Waals surface area (Å²) in [6.07, 6.45) is 7.07. The van der Waals surface area contributed by atoms with Crippen LogP contribution >= 0.6 is 0 Å². The van der Waals surface area contributed by atoms with Crippen molar-refractivity contribution in [2.24, 2.45) is 7.05 Å². The first-order chi connectivity index (χ1) is 12.5. The van der Waals surface area contributed by atoms with Crippen LogP contribution in [0.1, 0.15) is 18.4 Å². The molecule has 0 bridgehead atoms. The smallest absolute Gasteiger partial charge is 0.332 e. The van der Waals surface area contributed by atoms with Crippen molar-refractivity contribution in [3.05, 3.63) is 69.0 Å². The van der Waals surface area contributed by atoms with Crippen LogP contribution in [0.25, 0.3) is 16.9 Å². The van der Waals surface area contributed by atoms with Gasteiger partial charge in [-0.15, -0.1) is 0 Å². The molecule has 0 aliphatic carbocycles. The van der Waals surface area contributed by atoms with Crippen LogP contribution in [0.15, 0.2) is 50.8 Å². The Bertz CT molecular complexity index is 1250. The average molecular weight is 353 g/mol. The van der Waals surface area contributed by atoms with E-state index < -0.39 is 0 Å². The molecule has 0 fully saturated rings. The topological polar surface area (TPSA) is 79.4 Å². The molecule has 8 heteroatoms. The summed E-state index contributed by atoms with van der Waals surface area (Å²) in [5.74, 6) is 1.39. The summed E-state index contributed by atoms with van der Waals surface area (Å²) in [6.45, 7) is 4.53. The van der Waals surface area contributed by atoms with Crippen molar-refractivity contribution in [2.75, 3.05) is 0 Å². The molecule has 0 unspecified atom stereocenters. The van der Waals surface area contributed by atoms with Crippen LogP contribution in [0.5, 0.6) is 0 Å². The van der Waals surface area contributed by atoms with E-state index in [1.807, 2.05) is 42.8 Å². The number of rotatable bonds is 4. The summed E-state index contributed by atoms with van der Waals surface area (Å²) < 4.78 is 11.8. The molecule has 134 valence electrons. The number of aromatic nitrogens is 5.